The molecular formula is C31H29NO7S2. The van der Waals surface area contributed by atoms with Gasteiger partial charge in [-0.25, -0.2) is 13.2 Å². The van der Waals surface area contributed by atoms with E-state index in [9.17, 15) is 18.3 Å². The number of thioether (sulfide) groups is 1. The van der Waals surface area contributed by atoms with Gasteiger partial charge >= 0.3 is 5.97 Å². The van der Waals surface area contributed by atoms with Crippen LogP contribution in [0.2, 0.25) is 0 Å². The summed E-state index contributed by atoms with van der Waals surface area (Å²) in [6.07, 6.45) is -0.696. The molecular weight excluding hydrogens is 562 g/mol. The number of anilines is 1. The summed E-state index contributed by atoms with van der Waals surface area (Å²) in [6.45, 7) is -0.0524. The predicted molar refractivity (Wildman–Crippen MR) is 156 cm³/mol. The Labute approximate surface area is 243 Å². The number of aliphatic hydroxyl groups excluding tert-OH is 1. The maximum Gasteiger partial charge on any atom is 0.335 e. The molecule has 0 aliphatic carbocycles. The van der Waals surface area contributed by atoms with E-state index in [1.54, 1.807) is 72.4 Å². The number of carboxylic acid groups (broad SMARTS) is 1. The van der Waals surface area contributed by atoms with Crippen LogP contribution in [-0.2, 0) is 26.1 Å². The van der Waals surface area contributed by atoms with Crippen molar-refractivity contribution >= 4 is 33.4 Å². The standard InChI is InChI=1S/C31H29NO7S2/c33-19-21-9-11-22(12-10-21)29-18-26(20-40-27-15-13-23(14-16-27)30(34)35)38-31(39-29)24-5-4-6-25(17-24)32-41(36,37)28-7-2-1-3-8-28/h1-17,26,29,31-33H,18-20H2,(H,34,35)/t26-,29+,31+/m0/s1. The molecule has 212 valence electrons. The summed E-state index contributed by atoms with van der Waals surface area (Å²) < 4.78 is 41.2. The largest absolute Gasteiger partial charge is 0.478 e. The van der Waals surface area contributed by atoms with E-state index >= 15 is 0 Å². The van der Waals surface area contributed by atoms with Crippen LogP contribution >= 0.6 is 11.8 Å². The number of aromatic carboxylic acids is 1. The third-order valence-corrected chi connectivity index (χ3v) is 9.16. The van der Waals surface area contributed by atoms with Gasteiger partial charge in [0.05, 0.1) is 29.3 Å². The molecule has 1 fully saturated rings. The number of aliphatic hydroxyl groups is 1. The number of hydrogen-bond donors (Lipinski definition) is 3. The molecule has 1 saturated heterocycles. The van der Waals surface area contributed by atoms with Crippen molar-refractivity contribution in [3.63, 3.8) is 0 Å². The fraction of sp³-hybridized carbons (Fsp3) is 0.194. The van der Waals surface area contributed by atoms with Crippen LogP contribution in [0.1, 0.15) is 45.9 Å². The SMILES string of the molecule is O=C(O)c1ccc(SC[C@@H]2C[C@H](c3ccc(CO)cc3)O[C@H](c3cccc(NS(=O)(=O)c4ccccc4)c3)O2)cc1. The minimum atomic E-state index is -3.77. The molecule has 4 aromatic rings. The second-order valence-electron chi connectivity index (χ2n) is 9.53. The zero-order valence-electron chi connectivity index (χ0n) is 21.9. The fourth-order valence-electron chi connectivity index (χ4n) is 4.47. The highest BCUT2D eigenvalue weighted by atomic mass is 32.2. The van der Waals surface area contributed by atoms with E-state index in [1.165, 1.54) is 12.1 Å². The van der Waals surface area contributed by atoms with Crippen LogP contribution in [-0.4, -0.2) is 36.5 Å². The molecule has 4 aromatic carbocycles. The highest BCUT2D eigenvalue weighted by molar-refractivity contribution is 7.99. The molecule has 3 atom stereocenters. The lowest BCUT2D eigenvalue weighted by Crippen LogP contribution is -2.31. The second kappa shape index (κ2) is 12.9. The van der Waals surface area contributed by atoms with Crippen molar-refractivity contribution in [3.8, 4) is 0 Å². The van der Waals surface area contributed by atoms with Crippen molar-refractivity contribution in [2.24, 2.45) is 0 Å². The third-order valence-electron chi connectivity index (χ3n) is 6.62. The van der Waals surface area contributed by atoms with Gasteiger partial charge in [-0.3, -0.25) is 4.72 Å². The average Bonchev–Trinajstić information content (AvgIpc) is 3.00. The van der Waals surface area contributed by atoms with Gasteiger partial charge in [-0.2, -0.15) is 0 Å². The van der Waals surface area contributed by atoms with Crippen molar-refractivity contribution in [1.82, 2.24) is 0 Å². The normalized spacial score (nSPS) is 19.0. The van der Waals surface area contributed by atoms with E-state index in [1.807, 2.05) is 30.3 Å². The first-order chi connectivity index (χ1) is 19.8. The molecule has 1 heterocycles. The summed E-state index contributed by atoms with van der Waals surface area (Å²) in [4.78, 5) is 12.3. The Hall–Kier alpha value is -3.67. The van der Waals surface area contributed by atoms with Crippen molar-refractivity contribution in [2.75, 3.05) is 10.5 Å². The van der Waals surface area contributed by atoms with Gasteiger partial charge < -0.3 is 19.7 Å². The van der Waals surface area contributed by atoms with Crippen molar-refractivity contribution in [2.45, 2.75) is 41.3 Å². The number of nitrogens with one attached hydrogen (secondary N) is 1. The molecule has 3 N–H and O–H groups in total. The van der Waals surface area contributed by atoms with E-state index in [0.717, 1.165) is 16.0 Å². The summed E-state index contributed by atoms with van der Waals surface area (Å²) in [7, 11) is -3.77. The Morgan fingerprint density at radius 3 is 2.29 bits per heavy atom. The lowest BCUT2D eigenvalue weighted by atomic mass is 10.0. The van der Waals surface area contributed by atoms with E-state index < -0.39 is 22.3 Å². The van der Waals surface area contributed by atoms with Gasteiger partial charge in [0.15, 0.2) is 6.29 Å². The Morgan fingerprint density at radius 2 is 1.61 bits per heavy atom. The van der Waals surface area contributed by atoms with Crippen molar-refractivity contribution in [3.05, 3.63) is 125 Å². The molecule has 1 aliphatic rings. The topological polar surface area (TPSA) is 122 Å². The first-order valence-electron chi connectivity index (χ1n) is 13.0. The van der Waals surface area contributed by atoms with Crippen LogP contribution in [0.15, 0.2) is 113 Å². The summed E-state index contributed by atoms with van der Waals surface area (Å²) in [5.41, 5.74) is 3.02. The number of sulfonamides is 1. The molecule has 1 aliphatic heterocycles. The van der Waals surface area contributed by atoms with Crippen LogP contribution in [0.25, 0.3) is 0 Å². The number of ether oxygens (including phenoxy) is 2. The highest BCUT2D eigenvalue weighted by Gasteiger charge is 2.32. The third kappa shape index (κ3) is 7.35. The summed E-state index contributed by atoms with van der Waals surface area (Å²) in [5, 5.41) is 18.6. The van der Waals surface area contributed by atoms with Crippen molar-refractivity contribution < 1.29 is 32.9 Å². The summed E-state index contributed by atoms with van der Waals surface area (Å²) in [5.74, 6) is -0.377. The second-order valence-corrected chi connectivity index (χ2v) is 12.3. The highest BCUT2D eigenvalue weighted by Crippen LogP contribution is 2.40. The number of carbonyl (C=O) groups is 1. The van der Waals surface area contributed by atoms with E-state index in [2.05, 4.69) is 4.72 Å². The maximum absolute atomic E-state index is 12.9. The molecule has 0 aromatic heterocycles. The van der Waals surface area contributed by atoms with E-state index in [0.29, 0.717) is 23.4 Å². The van der Waals surface area contributed by atoms with Gasteiger partial charge in [0.2, 0.25) is 0 Å². The Morgan fingerprint density at radius 1 is 0.878 bits per heavy atom. The van der Waals surface area contributed by atoms with Gasteiger partial charge in [0, 0.05) is 28.3 Å². The number of carboxylic acids is 1. The van der Waals surface area contributed by atoms with Crippen molar-refractivity contribution in [1.29, 1.82) is 0 Å². The Kier molecular flexibility index (Phi) is 9.06. The Bertz CT molecular complexity index is 1580. The molecule has 10 heteroatoms. The van der Waals surface area contributed by atoms with Crippen LogP contribution in [0.5, 0.6) is 0 Å². The average molecular weight is 592 g/mol. The summed E-state index contributed by atoms with van der Waals surface area (Å²) in [6, 6.07) is 29.4. The number of hydrogen-bond acceptors (Lipinski definition) is 7. The molecule has 0 radical (unpaired) electrons. The molecule has 0 amide bonds. The lowest BCUT2D eigenvalue weighted by molar-refractivity contribution is -0.245. The van der Waals surface area contributed by atoms with Crippen LogP contribution in [0.3, 0.4) is 0 Å². The van der Waals surface area contributed by atoms with E-state index in [4.69, 9.17) is 14.6 Å². The molecule has 0 saturated carbocycles. The van der Waals surface area contributed by atoms with Crippen LogP contribution < -0.4 is 4.72 Å². The van der Waals surface area contributed by atoms with Crippen LogP contribution in [0, 0.1) is 0 Å². The monoisotopic (exact) mass is 591 g/mol. The van der Waals surface area contributed by atoms with Gasteiger partial charge in [-0.15, -0.1) is 11.8 Å². The quantitative estimate of drug-likeness (QED) is 0.192. The molecule has 8 nitrogen and oxygen atoms in total. The molecule has 0 spiro atoms. The van der Waals surface area contributed by atoms with Crippen LogP contribution in [0.4, 0.5) is 5.69 Å². The van der Waals surface area contributed by atoms with Gasteiger partial charge in [0.1, 0.15) is 0 Å². The Balaban J connectivity index is 1.36. The zero-order valence-corrected chi connectivity index (χ0v) is 23.6. The molecule has 0 bridgehead atoms. The lowest BCUT2D eigenvalue weighted by Gasteiger charge is -2.36. The maximum atomic E-state index is 12.9. The minimum Gasteiger partial charge on any atom is -0.478 e. The predicted octanol–water partition coefficient (Wildman–Crippen LogP) is 6.02. The van der Waals surface area contributed by atoms with Gasteiger partial charge in [-0.1, -0.05) is 54.6 Å². The number of rotatable bonds is 10. The minimum absolute atomic E-state index is 0.0524. The molecule has 0 unspecified atom stereocenters. The van der Waals surface area contributed by atoms with E-state index in [-0.39, 0.29) is 29.3 Å². The molecule has 41 heavy (non-hydrogen) atoms. The summed E-state index contributed by atoms with van der Waals surface area (Å²) >= 11 is 1.56. The first kappa shape index (κ1) is 28.8. The molecule has 5 rings (SSSR count). The number of benzene rings is 4. The van der Waals surface area contributed by atoms with Gasteiger partial charge in [-0.05, 0) is 59.7 Å². The van der Waals surface area contributed by atoms with Gasteiger partial charge in [0.25, 0.3) is 10.0 Å². The smallest absolute Gasteiger partial charge is 0.335 e. The fourth-order valence-corrected chi connectivity index (χ4v) is 6.46. The zero-order chi connectivity index (χ0) is 28.8. The first-order valence-corrected chi connectivity index (χ1v) is 15.4.